The van der Waals surface area contributed by atoms with Crippen molar-refractivity contribution in [3.8, 4) is 0 Å². The summed E-state index contributed by atoms with van der Waals surface area (Å²) in [4.78, 5) is 0. The first kappa shape index (κ1) is 7.31. The topological polar surface area (TPSA) is 52.3 Å². The van der Waals surface area contributed by atoms with E-state index >= 15 is 0 Å². The van der Waals surface area contributed by atoms with Gasteiger partial charge in [-0.25, -0.2) is 0 Å². The van der Waals surface area contributed by atoms with E-state index in [1.54, 1.807) is 0 Å². The number of hydrogen-bond acceptors (Lipinski definition) is 2. The van der Waals surface area contributed by atoms with Crippen molar-refractivity contribution in [2.75, 3.05) is 12.5 Å². The molecule has 0 bridgehead atoms. The maximum absolute atomic E-state index is 9.85. The Labute approximate surface area is 47.7 Å². The summed E-state index contributed by atoms with van der Waals surface area (Å²) in [7, 11) is -1.94. The highest BCUT2D eigenvalue weighted by Gasteiger charge is 2.05. The Hall–Kier alpha value is 0.310. The third-order valence-corrected chi connectivity index (χ3v) is 0.887. The average molecular weight is 143 g/mol. The second kappa shape index (κ2) is 4.47. The molecular weight excluding hydrogens is 136 g/mol. The van der Waals surface area contributed by atoms with E-state index < -0.39 is 8.18 Å². The van der Waals surface area contributed by atoms with Crippen molar-refractivity contribution in [1.82, 2.24) is 0 Å². The Bertz CT molecular complexity index is 68.7. The highest BCUT2D eigenvalue weighted by molar-refractivity contribution is 7.36. The summed E-state index contributed by atoms with van der Waals surface area (Å²) in [6.07, 6.45) is 0. The van der Waals surface area contributed by atoms with Crippen LogP contribution < -0.4 is 5.50 Å². The Kier molecular flexibility index (Phi) is 4.67. The molecule has 2 N–H and O–H groups in total. The molecule has 3 nitrogen and oxygen atoms in total. The van der Waals surface area contributed by atoms with Gasteiger partial charge in [-0.2, -0.15) is 0 Å². The predicted molar refractivity (Wildman–Crippen MR) is 28.5 cm³/mol. The third kappa shape index (κ3) is 6.31. The number of alkyl halides is 1. The Morgan fingerprint density at radius 1 is 1.86 bits per heavy atom. The van der Waals surface area contributed by atoms with Gasteiger partial charge in [0.1, 0.15) is 6.61 Å². The molecular formula is C2H6ClNO2P+. The highest BCUT2D eigenvalue weighted by atomic mass is 35.5. The summed E-state index contributed by atoms with van der Waals surface area (Å²) in [5.41, 5.74) is 4.71. The van der Waals surface area contributed by atoms with Crippen LogP contribution >= 0.6 is 19.8 Å². The molecule has 0 saturated heterocycles. The first-order valence-electron chi connectivity index (χ1n) is 1.68. The van der Waals surface area contributed by atoms with Gasteiger partial charge in [-0.1, -0.05) is 5.50 Å². The van der Waals surface area contributed by atoms with E-state index in [2.05, 4.69) is 4.52 Å². The minimum absolute atomic E-state index is 0.257. The van der Waals surface area contributed by atoms with Gasteiger partial charge in [0, 0.05) is 0 Å². The van der Waals surface area contributed by atoms with E-state index in [-0.39, 0.29) is 6.61 Å². The van der Waals surface area contributed by atoms with Gasteiger partial charge < -0.3 is 0 Å². The molecule has 0 aromatic heterocycles. The molecule has 0 spiro atoms. The molecule has 0 aromatic rings. The molecule has 0 heterocycles. The van der Waals surface area contributed by atoms with Gasteiger partial charge in [-0.3, -0.25) is 0 Å². The lowest BCUT2D eigenvalue weighted by atomic mass is 10.9. The van der Waals surface area contributed by atoms with E-state index in [0.29, 0.717) is 5.88 Å². The van der Waals surface area contributed by atoms with Crippen molar-refractivity contribution in [3.63, 3.8) is 0 Å². The van der Waals surface area contributed by atoms with Crippen molar-refractivity contribution in [2.45, 2.75) is 0 Å². The van der Waals surface area contributed by atoms with Crippen LogP contribution in [0.4, 0.5) is 0 Å². The van der Waals surface area contributed by atoms with Crippen molar-refractivity contribution < 1.29 is 9.09 Å². The Morgan fingerprint density at radius 3 is 2.57 bits per heavy atom. The van der Waals surface area contributed by atoms with Gasteiger partial charge in [0.15, 0.2) is 0 Å². The fourth-order valence-electron chi connectivity index (χ4n) is 0.124. The third-order valence-electron chi connectivity index (χ3n) is 0.296. The summed E-state index contributed by atoms with van der Waals surface area (Å²) in [6.45, 7) is 0.257. The number of hydrogen-bond donors (Lipinski definition) is 1. The van der Waals surface area contributed by atoms with Crippen LogP contribution in [0, 0.1) is 0 Å². The molecule has 0 aromatic carbocycles. The molecule has 0 rings (SSSR count). The fourth-order valence-corrected chi connectivity index (χ4v) is 0.580. The molecule has 0 aliphatic carbocycles. The molecule has 0 fully saturated rings. The average Bonchev–Trinajstić information content (AvgIpc) is 1.61. The normalized spacial score (nSPS) is 11.4. The summed E-state index contributed by atoms with van der Waals surface area (Å²) in [5.74, 6) is 0.332. The minimum Gasteiger partial charge on any atom is -0.129 e. The van der Waals surface area contributed by atoms with Gasteiger partial charge in [0.25, 0.3) is 0 Å². The minimum atomic E-state index is -1.94. The predicted octanol–water partition coefficient (Wildman–Crippen LogP) is 0.858. The lowest BCUT2D eigenvalue weighted by Crippen LogP contribution is -1.90. The maximum Gasteiger partial charge on any atom is 0.610 e. The fraction of sp³-hybridized carbons (Fsp3) is 1.00. The lowest BCUT2D eigenvalue weighted by molar-refractivity contribution is 0.353. The highest BCUT2D eigenvalue weighted by Crippen LogP contribution is 2.07. The molecule has 1 unspecified atom stereocenters. The van der Waals surface area contributed by atoms with Crippen molar-refractivity contribution in [2.24, 2.45) is 5.50 Å². The molecule has 7 heavy (non-hydrogen) atoms. The van der Waals surface area contributed by atoms with E-state index in [1.807, 2.05) is 0 Å². The van der Waals surface area contributed by atoms with Crippen LogP contribution in [0.1, 0.15) is 0 Å². The molecule has 0 aliphatic rings. The van der Waals surface area contributed by atoms with Gasteiger partial charge >= 0.3 is 8.18 Å². The summed E-state index contributed by atoms with van der Waals surface area (Å²) >= 11 is 5.14. The first-order valence-corrected chi connectivity index (χ1v) is 3.46. The van der Waals surface area contributed by atoms with E-state index in [0.717, 1.165) is 0 Å². The summed E-state index contributed by atoms with van der Waals surface area (Å²) < 4.78 is 14.2. The smallest absolute Gasteiger partial charge is 0.129 e. The Balaban J connectivity index is 2.82. The molecule has 1 atom stereocenters. The second-order valence-corrected chi connectivity index (χ2v) is 2.01. The van der Waals surface area contributed by atoms with Crippen molar-refractivity contribution in [3.05, 3.63) is 0 Å². The Morgan fingerprint density at radius 2 is 2.43 bits per heavy atom. The van der Waals surface area contributed by atoms with E-state index in [1.165, 1.54) is 0 Å². The van der Waals surface area contributed by atoms with Gasteiger partial charge in [0.2, 0.25) is 0 Å². The largest absolute Gasteiger partial charge is 0.610 e. The van der Waals surface area contributed by atoms with Crippen molar-refractivity contribution in [1.29, 1.82) is 0 Å². The molecule has 0 amide bonds. The zero-order valence-electron chi connectivity index (χ0n) is 3.63. The molecule has 0 aliphatic heterocycles. The van der Waals surface area contributed by atoms with Crippen LogP contribution in [0.5, 0.6) is 0 Å². The van der Waals surface area contributed by atoms with Crippen molar-refractivity contribution >= 4 is 19.8 Å². The summed E-state index contributed by atoms with van der Waals surface area (Å²) in [6, 6.07) is 0. The van der Waals surface area contributed by atoms with Crippen LogP contribution in [0.15, 0.2) is 0 Å². The molecule has 5 heteroatoms. The first-order chi connectivity index (χ1) is 3.27. The zero-order valence-corrected chi connectivity index (χ0v) is 5.28. The van der Waals surface area contributed by atoms with Crippen LogP contribution in [0.2, 0.25) is 0 Å². The standard InChI is InChI=1S/C2H6ClNO2P/c3-1-2-6-7(4)5/h1-2H2,(H2,4,5)/q+1. The lowest BCUT2D eigenvalue weighted by Gasteiger charge is -1.76. The maximum atomic E-state index is 9.85. The second-order valence-electron chi connectivity index (χ2n) is 0.808. The van der Waals surface area contributed by atoms with Crippen LogP contribution in [0.25, 0.3) is 0 Å². The van der Waals surface area contributed by atoms with Gasteiger partial charge in [-0.05, 0) is 4.57 Å². The number of rotatable bonds is 3. The zero-order chi connectivity index (χ0) is 5.70. The van der Waals surface area contributed by atoms with E-state index in [9.17, 15) is 4.57 Å². The van der Waals surface area contributed by atoms with Gasteiger partial charge in [0.05, 0.1) is 5.88 Å². The van der Waals surface area contributed by atoms with Crippen LogP contribution in [0.3, 0.4) is 0 Å². The summed E-state index contributed by atoms with van der Waals surface area (Å²) in [5, 5.41) is 0. The quantitative estimate of drug-likeness (QED) is 0.470. The number of nitrogens with two attached hydrogens (primary N) is 1. The van der Waals surface area contributed by atoms with Crippen LogP contribution in [-0.4, -0.2) is 12.5 Å². The van der Waals surface area contributed by atoms with E-state index in [4.69, 9.17) is 17.1 Å². The number of halogens is 1. The molecule has 42 valence electrons. The molecule has 0 radical (unpaired) electrons. The van der Waals surface area contributed by atoms with Crippen LogP contribution in [-0.2, 0) is 9.09 Å². The SMILES string of the molecule is N[P+](=O)OCCCl. The molecule has 0 saturated carbocycles. The monoisotopic (exact) mass is 142 g/mol. The van der Waals surface area contributed by atoms with Gasteiger partial charge in [-0.15, -0.1) is 16.1 Å².